The molecule has 0 spiro atoms. The summed E-state index contributed by atoms with van der Waals surface area (Å²) in [6.07, 6.45) is 0.140. The summed E-state index contributed by atoms with van der Waals surface area (Å²) in [6, 6.07) is -4.45. The number of amides is 1. The van der Waals surface area contributed by atoms with Crippen molar-refractivity contribution >= 4 is 25.2 Å². The zero-order chi connectivity index (χ0) is 34.6. The van der Waals surface area contributed by atoms with Gasteiger partial charge in [-0.3, -0.25) is 18.7 Å². The Balaban J connectivity index is 1.87. The van der Waals surface area contributed by atoms with Crippen molar-refractivity contribution in [1.82, 2.24) is 4.90 Å². The number of hydrogen-bond acceptors (Lipinski definition) is 6. The van der Waals surface area contributed by atoms with E-state index in [1.807, 2.05) is 0 Å². The van der Waals surface area contributed by atoms with Crippen molar-refractivity contribution in [1.29, 1.82) is 0 Å². The summed E-state index contributed by atoms with van der Waals surface area (Å²) in [5.74, 6) is -2.60. The number of likely N-dealkylation sites (tertiary alicyclic amines) is 1. The maximum Gasteiger partial charge on any atom is 0.326 e. The minimum atomic E-state index is -4.07. The molecule has 0 bridgehead atoms. The predicted octanol–water partition coefficient (Wildman–Crippen LogP) is 6.12. The van der Waals surface area contributed by atoms with Crippen LogP contribution in [-0.2, 0) is 34.6 Å². The smallest absolute Gasteiger partial charge is 0.326 e. The lowest BCUT2D eigenvalue weighted by Gasteiger charge is -2.30. The van der Waals surface area contributed by atoms with E-state index in [1.54, 1.807) is 20.8 Å². The molecule has 1 aromatic carbocycles. The first-order chi connectivity index (χ1) is 21.4. The fourth-order valence-electron chi connectivity index (χ4n) is 5.34. The van der Waals surface area contributed by atoms with E-state index in [0.29, 0.717) is 12.3 Å². The molecule has 3 rings (SSSR count). The summed E-state index contributed by atoms with van der Waals surface area (Å²) in [5.41, 5.74) is -0.530. The summed E-state index contributed by atoms with van der Waals surface area (Å²) in [6.45, 7) is 5.14. The molecule has 4 unspecified atom stereocenters. The van der Waals surface area contributed by atoms with E-state index in [-0.39, 0.29) is 31.5 Å². The van der Waals surface area contributed by atoms with Gasteiger partial charge in [0.1, 0.15) is 12.2 Å². The number of carbonyl (C=O) groups is 3. The Kier molecular flexibility index (Phi) is 8.65. The largest absolute Gasteiger partial charge is 0.480 e. The third-order valence-corrected chi connectivity index (χ3v) is 9.83. The second-order valence-electron chi connectivity index (χ2n) is 10.8. The average Bonchev–Trinajstić information content (AvgIpc) is 3.45. The summed E-state index contributed by atoms with van der Waals surface area (Å²) < 4.78 is 82.8. The maximum atomic E-state index is 14.4. The molecule has 1 N–H and O–H groups in total. The van der Waals surface area contributed by atoms with Crippen LogP contribution in [0, 0.1) is 17.8 Å². The molecule has 1 aliphatic carbocycles. The third kappa shape index (κ3) is 9.46. The molecule has 1 amide bonds. The zero-order valence-corrected chi connectivity index (χ0v) is 24.1. The first kappa shape index (κ1) is 22.5. The van der Waals surface area contributed by atoms with Crippen LogP contribution in [0.4, 0.5) is 0 Å². The average molecular weight is 571 g/mol. The first-order valence-electron chi connectivity index (χ1n) is 17.5. The number of esters is 1. The van der Waals surface area contributed by atoms with Gasteiger partial charge in [0.25, 0.3) is 0 Å². The van der Waals surface area contributed by atoms with Crippen LogP contribution in [0.25, 0.3) is 0 Å². The number of carboxylic acids is 1. The minimum absolute atomic E-state index is 0.00363. The van der Waals surface area contributed by atoms with Crippen molar-refractivity contribution in [3.05, 3.63) is 35.8 Å². The molecule has 1 aromatic rings. The fourth-order valence-corrected chi connectivity index (χ4v) is 7.58. The van der Waals surface area contributed by atoms with Gasteiger partial charge < -0.3 is 14.7 Å². The van der Waals surface area contributed by atoms with E-state index in [4.69, 9.17) is 18.9 Å². The summed E-state index contributed by atoms with van der Waals surface area (Å²) in [5, 5.41) is 9.97. The molecule has 1 saturated carbocycles. The molecule has 0 radical (unpaired) electrons. The van der Waals surface area contributed by atoms with Gasteiger partial charge in [-0.2, -0.15) is 0 Å². The van der Waals surface area contributed by atoms with Crippen LogP contribution >= 0.6 is 7.37 Å². The van der Waals surface area contributed by atoms with Gasteiger partial charge >= 0.3 is 11.9 Å². The van der Waals surface area contributed by atoms with E-state index in [9.17, 15) is 24.1 Å². The first-order valence-corrected chi connectivity index (χ1v) is 16.0. The van der Waals surface area contributed by atoms with E-state index >= 15 is 0 Å². The number of carboxylic acid groups (broad SMARTS) is 1. The summed E-state index contributed by atoms with van der Waals surface area (Å²) in [4.78, 5) is 39.3. The van der Waals surface area contributed by atoms with Gasteiger partial charge in [0.15, 0.2) is 0 Å². The highest BCUT2D eigenvalue weighted by molar-refractivity contribution is 7.59. The van der Waals surface area contributed by atoms with Crippen molar-refractivity contribution in [2.45, 2.75) is 97.3 Å². The highest BCUT2D eigenvalue weighted by Crippen LogP contribution is 2.51. The van der Waals surface area contributed by atoms with Crippen molar-refractivity contribution in [2.24, 2.45) is 17.8 Å². The van der Waals surface area contributed by atoms with Crippen molar-refractivity contribution in [3.63, 3.8) is 0 Å². The molecule has 2 aliphatic rings. The second-order valence-corrected chi connectivity index (χ2v) is 13.4. The Morgan fingerprint density at radius 3 is 2.44 bits per heavy atom. The predicted molar refractivity (Wildman–Crippen MR) is 151 cm³/mol. The number of hydrogen-bond donors (Lipinski definition) is 1. The molecule has 1 aliphatic heterocycles. The maximum absolute atomic E-state index is 14.4. The van der Waals surface area contributed by atoms with Crippen molar-refractivity contribution < 1.29 is 42.9 Å². The number of ether oxygens (including phenoxy) is 1. The van der Waals surface area contributed by atoms with Gasteiger partial charge in [0, 0.05) is 27.8 Å². The lowest BCUT2D eigenvalue weighted by Crippen LogP contribution is -2.42. The molecule has 1 heterocycles. The van der Waals surface area contributed by atoms with E-state index in [2.05, 4.69) is 0 Å². The number of aliphatic carboxylic acids is 1. The van der Waals surface area contributed by atoms with Crippen LogP contribution < -0.4 is 0 Å². The number of carbonyl (C=O) groups excluding carboxylic acids is 2. The number of rotatable bonds is 14. The Bertz CT molecular complexity index is 1310. The second kappa shape index (κ2) is 15.0. The number of nitrogens with zero attached hydrogens (tertiary/aromatic N) is 1. The van der Waals surface area contributed by atoms with E-state index in [1.165, 1.54) is 4.90 Å². The highest BCUT2D eigenvalue weighted by Gasteiger charge is 2.44. The quantitative estimate of drug-likeness (QED) is 0.163. The standard InChI is InChI=1S/C30H46NO7P/c1-4-28(33)37-30(22(2)3)38-39(36,18-12-11-15-23-13-7-5-8-14-23)21-27(32)31-20-25(19-26(31)29(34)35)24-16-9-6-10-17-24/h5,7-8,13-14,22,24-26,30H,4,6,9-12,15-21H2,1-3H3,(H,34,35)/i5D,7D,8D,13D,14D,15D2. The summed E-state index contributed by atoms with van der Waals surface area (Å²) in [7, 11) is -4.07. The van der Waals surface area contributed by atoms with Crippen molar-refractivity contribution in [3.8, 4) is 0 Å². The molecule has 218 valence electrons. The topological polar surface area (TPSA) is 110 Å². The fraction of sp³-hybridized carbons (Fsp3) is 0.700. The Hall–Kier alpha value is -2.18. The molecular weight excluding hydrogens is 517 g/mol. The van der Waals surface area contributed by atoms with Crippen LogP contribution in [0.15, 0.2) is 30.2 Å². The molecule has 2 fully saturated rings. The lowest BCUT2D eigenvalue weighted by molar-refractivity contribution is -0.169. The van der Waals surface area contributed by atoms with Gasteiger partial charge in [-0.05, 0) is 43.0 Å². The molecule has 9 heteroatoms. The normalized spacial score (nSPS) is 25.3. The minimum Gasteiger partial charge on any atom is -0.480 e. The zero-order valence-electron chi connectivity index (χ0n) is 30.2. The third-order valence-electron chi connectivity index (χ3n) is 7.49. The Labute approximate surface area is 243 Å². The van der Waals surface area contributed by atoms with Crippen LogP contribution in [0.5, 0.6) is 0 Å². The van der Waals surface area contributed by atoms with Crippen LogP contribution in [0.3, 0.4) is 0 Å². The Morgan fingerprint density at radius 2 is 1.82 bits per heavy atom. The molecule has 4 atom stereocenters. The molecule has 0 aromatic heterocycles. The Morgan fingerprint density at radius 1 is 1.13 bits per heavy atom. The van der Waals surface area contributed by atoms with Gasteiger partial charge in [-0.25, -0.2) is 4.79 Å². The van der Waals surface area contributed by atoms with Crippen molar-refractivity contribution in [2.75, 3.05) is 18.9 Å². The van der Waals surface area contributed by atoms with Gasteiger partial charge in [0.2, 0.25) is 19.6 Å². The molecule has 1 saturated heterocycles. The lowest BCUT2D eigenvalue weighted by atomic mass is 9.79. The van der Waals surface area contributed by atoms with Crippen LogP contribution in [-0.4, -0.2) is 59.1 Å². The van der Waals surface area contributed by atoms with E-state index in [0.717, 1.165) is 32.1 Å². The van der Waals surface area contributed by atoms with Gasteiger partial charge in [-0.1, -0.05) is 83.1 Å². The van der Waals surface area contributed by atoms with Gasteiger partial charge in [0.05, 0.1) is 6.85 Å². The number of benzene rings is 1. The van der Waals surface area contributed by atoms with Crippen LogP contribution in [0.1, 0.15) is 93.7 Å². The monoisotopic (exact) mass is 570 g/mol. The van der Waals surface area contributed by atoms with Crippen LogP contribution in [0.2, 0.25) is 0 Å². The molecule has 8 nitrogen and oxygen atoms in total. The molecular formula is C30H46NO7P. The SMILES string of the molecule is [2H]c1c([2H])c([2H])c(C([2H])([2H])CCCP(=O)(CC(=O)N2CC(C3CCCCC3)CC2C(=O)O)OC(OC(=O)CC)C(C)C)c([2H])c1[2H]. The van der Waals surface area contributed by atoms with E-state index < -0.39 is 98.2 Å². The molecule has 39 heavy (non-hydrogen) atoms. The summed E-state index contributed by atoms with van der Waals surface area (Å²) >= 11 is 0. The highest BCUT2D eigenvalue weighted by atomic mass is 31.2. The van der Waals surface area contributed by atoms with Gasteiger partial charge in [-0.15, -0.1) is 0 Å².